The van der Waals surface area contributed by atoms with E-state index in [1.54, 1.807) is 0 Å². The molecule has 1 aliphatic rings. The topological polar surface area (TPSA) is 38.5 Å². The van der Waals surface area contributed by atoms with Crippen LogP contribution in [0, 0.1) is 0 Å². The van der Waals surface area contributed by atoms with Crippen LogP contribution in [0.5, 0.6) is 0 Å². The van der Waals surface area contributed by atoms with Crippen LogP contribution in [0.2, 0.25) is 5.02 Å². The van der Waals surface area contributed by atoms with E-state index in [0.29, 0.717) is 6.54 Å². The Labute approximate surface area is 121 Å². The van der Waals surface area contributed by atoms with E-state index in [4.69, 9.17) is 22.1 Å². The lowest BCUT2D eigenvalue weighted by Crippen LogP contribution is -2.35. The van der Waals surface area contributed by atoms with Crippen molar-refractivity contribution in [3.05, 3.63) is 33.3 Å². The molecule has 100 valence electrons. The summed E-state index contributed by atoms with van der Waals surface area (Å²) in [6, 6.07) is 6.11. The Morgan fingerprint density at radius 2 is 2.22 bits per heavy atom. The molecule has 2 rings (SSSR count). The molecule has 2 N–H and O–H groups in total. The van der Waals surface area contributed by atoms with Crippen LogP contribution in [-0.4, -0.2) is 37.7 Å². The first-order valence-corrected chi connectivity index (χ1v) is 7.36. The molecule has 1 aromatic rings. The van der Waals surface area contributed by atoms with Gasteiger partial charge in [0.25, 0.3) is 0 Å². The van der Waals surface area contributed by atoms with Gasteiger partial charge in [0, 0.05) is 41.8 Å². The highest BCUT2D eigenvalue weighted by Crippen LogP contribution is 2.30. The summed E-state index contributed by atoms with van der Waals surface area (Å²) in [5.74, 6) is 0. The van der Waals surface area contributed by atoms with Gasteiger partial charge in [0.2, 0.25) is 0 Å². The Kier molecular flexibility index (Phi) is 5.45. The van der Waals surface area contributed by atoms with Crippen LogP contribution in [0.25, 0.3) is 0 Å². The van der Waals surface area contributed by atoms with E-state index in [1.807, 2.05) is 12.1 Å². The number of nitrogens with two attached hydrogens (primary N) is 1. The summed E-state index contributed by atoms with van der Waals surface area (Å²) in [6.07, 6.45) is 1.06. The molecular formula is C13H18BrClN2O. The minimum atomic E-state index is 0.221. The Balaban J connectivity index is 2.20. The van der Waals surface area contributed by atoms with Crippen molar-refractivity contribution < 1.29 is 4.74 Å². The minimum Gasteiger partial charge on any atom is -0.380 e. The van der Waals surface area contributed by atoms with Gasteiger partial charge in [-0.15, -0.1) is 0 Å². The zero-order chi connectivity index (χ0) is 13.0. The van der Waals surface area contributed by atoms with Crippen molar-refractivity contribution in [2.24, 2.45) is 5.73 Å². The van der Waals surface area contributed by atoms with E-state index in [9.17, 15) is 0 Å². The normalized spacial score (nSPS) is 19.5. The van der Waals surface area contributed by atoms with E-state index in [-0.39, 0.29) is 6.04 Å². The maximum atomic E-state index is 5.98. The molecule has 1 heterocycles. The van der Waals surface area contributed by atoms with Crippen molar-refractivity contribution >= 4 is 27.5 Å². The standard InChI is InChI=1S/C13H18BrClN2O/c14-12-8-10(15)2-3-11(12)13(9-16)17-4-1-6-18-7-5-17/h2-3,8,13H,1,4-7,9,16H2. The van der Waals surface area contributed by atoms with Crippen molar-refractivity contribution in [1.29, 1.82) is 0 Å². The summed E-state index contributed by atoms with van der Waals surface area (Å²) in [6.45, 7) is 4.17. The number of nitrogens with zero attached hydrogens (tertiary/aromatic N) is 1. The third-order valence-electron chi connectivity index (χ3n) is 3.24. The van der Waals surface area contributed by atoms with Gasteiger partial charge in [0.05, 0.1) is 6.61 Å². The molecular weight excluding hydrogens is 316 g/mol. The summed E-state index contributed by atoms with van der Waals surface area (Å²) in [4.78, 5) is 2.39. The third kappa shape index (κ3) is 3.45. The van der Waals surface area contributed by atoms with Gasteiger partial charge in [-0.05, 0) is 24.1 Å². The van der Waals surface area contributed by atoms with E-state index in [1.165, 1.54) is 5.56 Å². The molecule has 0 radical (unpaired) electrons. The third-order valence-corrected chi connectivity index (χ3v) is 4.16. The maximum absolute atomic E-state index is 5.98. The molecule has 18 heavy (non-hydrogen) atoms. The molecule has 0 aromatic heterocycles. The minimum absolute atomic E-state index is 0.221. The molecule has 5 heteroatoms. The van der Waals surface area contributed by atoms with Crippen LogP contribution in [0.15, 0.2) is 22.7 Å². The van der Waals surface area contributed by atoms with Crippen molar-refractivity contribution in [3.63, 3.8) is 0 Å². The summed E-state index contributed by atoms with van der Waals surface area (Å²) in [7, 11) is 0. The molecule has 0 spiro atoms. The van der Waals surface area contributed by atoms with Crippen LogP contribution in [0.1, 0.15) is 18.0 Å². The number of rotatable bonds is 3. The summed E-state index contributed by atoms with van der Waals surface area (Å²) < 4.78 is 6.51. The number of benzene rings is 1. The molecule has 0 amide bonds. The van der Waals surface area contributed by atoms with Gasteiger partial charge in [0.15, 0.2) is 0 Å². The molecule has 1 aliphatic heterocycles. The largest absolute Gasteiger partial charge is 0.380 e. The SMILES string of the molecule is NCC(c1ccc(Cl)cc1Br)N1CCCOCC1. The van der Waals surface area contributed by atoms with E-state index < -0.39 is 0 Å². The second-order valence-corrected chi connectivity index (χ2v) is 5.71. The molecule has 1 aromatic carbocycles. The molecule has 1 fully saturated rings. The molecule has 1 unspecified atom stereocenters. The van der Waals surface area contributed by atoms with E-state index >= 15 is 0 Å². The van der Waals surface area contributed by atoms with E-state index in [0.717, 1.165) is 42.2 Å². The van der Waals surface area contributed by atoms with Gasteiger partial charge in [-0.25, -0.2) is 0 Å². The average molecular weight is 334 g/mol. The van der Waals surface area contributed by atoms with Gasteiger partial charge in [-0.3, -0.25) is 4.90 Å². The monoisotopic (exact) mass is 332 g/mol. The van der Waals surface area contributed by atoms with Crippen LogP contribution in [0.4, 0.5) is 0 Å². The molecule has 1 saturated heterocycles. The molecule has 0 aliphatic carbocycles. The summed E-state index contributed by atoms with van der Waals surface area (Å²) >= 11 is 9.56. The maximum Gasteiger partial charge on any atom is 0.0593 e. The zero-order valence-electron chi connectivity index (χ0n) is 10.2. The van der Waals surface area contributed by atoms with Crippen molar-refractivity contribution in [3.8, 4) is 0 Å². The highest BCUT2D eigenvalue weighted by atomic mass is 79.9. The highest BCUT2D eigenvalue weighted by Gasteiger charge is 2.22. The molecule has 3 nitrogen and oxygen atoms in total. The first-order chi connectivity index (χ1) is 8.72. The molecule has 0 bridgehead atoms. The van der Waals surface area contributed by atoms with Crippen molar-refractivity contribution in [2.75, 3.05) is 32.8 Å². The Morgan fingerprint density at radius 1 is 1.39 bits per heavy atom. The van der Waals surface area contributed by atoms with Gasteiger partial charge < -0.3 is 10.5 Å². The number of hydrogen-bond donors (Lipinski definition) is 1. The Hall–Kier alpha value is -0.130. The van der Waals surface area contributed by atoms with Crippen LogP contribution >= 0.6 is 27.5 Å². The second kappa shape index (κ2) is 6.87. The van der Waals surface area contributed by atoms with Crippen LogP contribution in [0.3, 0.4) is 0 Å². The lowest BCUT2D eigenvalue weighted by molar-refractivity contribution is 0.132. The van der Waals surface area contributed by atoms with Crippen molar-refractivity contribution in [1.82, 2.24) is 4.90 Å². The smallest absolute Gasteiger partial charge is 0.0593 e. The molecule has 1 atom stereocenters. The summed E-state index contributed by atoms with van der Waals surface area (Å²) in [5, 5.41) is 0.737. The molecule has 0 saturated carbocycles. The van der Waals surface area contributed by atoms with Crippen LogP contribution in [-0.2, 0) is 4.74 Å². The average Bonchev–Trinajstić information content (AvgIpc) is 2.62. The predicted molar refractivity (Wildman–Crippen MR) is 78.0 cm³/mol. The van der Waals surface area contributed by atoms with Gasteiger partial charge in [-0.1, -0.05) is 33.6 Å². The quantitative estimate of drug-likeness (QED) is 0.924. The number of ether oxygens (including phenoxy) is 1. The first-order valence-electron chi connectivity index (χ1n) is 6.19. The van der Waals surface area contributed by atoms with Crippen LogP contribution < -0.4 is 5.73 Å². The van der Waals surface area contributed by atoms with E-state index in [2.05, 4.69) is 26.9 Å². The highest BCUT2D eigenvalue weighted by molar-refractivity contribution is 9.10. The lowest BCUT2D eigenvalue weighted by Gasteiger charge is -2.30. The zero-order valence-corrected chi connectivity index (χ0v) is 12.6. The van der Waals surface area contributed by atoms with Crippen molar-refractivity contribution in [2.45, 2.75) is 12.5 Å². The lowest BCUT2D eigenvalue weighted by atomic mass is 10.1. The first kappa shape index (κ1) is 14.3. The van der Waals surface area contributed by atoms with Gasteiger partial charge in [0.1, 0.15) is 0 Å². The van der Waals surface area contributed by atoms with Gasteiger partial charge in [-0.2, -0.15) is 0 Å². The fourth-order valence-corrected chi connectivity index (χ4v) is 3.27. The Morgan fingerprint density at radius 3 is 2.94 bits per heavy atom. The summed E-state index contributed by atoms with van der Waals surface area (Å²) in [5.41, 5.74) is 7.16. The second-order valence-electron chi connectivity index (χ2n) is 4.42. The number of halogens is 2. The fourth-order valence-electron chi connectivity index (χ4n) is 2.32. The fraction of sp³-hybridized carbons (Fsp3) is 0.538. The Bertz CT molecular complexity index is 395. The predicted octanol–water partition coefficient (Wildman–Crippen LogP) is 2.82. The number of hydrogen-bond acceptors (Lipinski definition) is 3. The van der Waals surface area contributed by atoms with Gasteiger partial charge >= 0.3 is 0 Å².